The Kier molecular flexibility index (Phi) is 5.52. The number of rotatable bonds is 5. The van der Waals surface area contributed by atoms with Gasteiger partial charge in [-0.15, -0.1) is 11.3 Å². The molecule has 1 amide bonds. The fourth-order valence-electron chi connectivity index (χ4n) is 1.46. The minimum Gasteiger partial charge on any atom is -0.347 e. The van der Waals surface area contributed by atoms with Gasteiger partial charge in [-0.05, 0) is 13.3 Å². The highest BCUT2D eigenvalue weighted by atomic mass is 32.1. The number of nitrogens with one attached hydrogen (secondary N) is 1. The summed E-state index contributed by atoms with van der Waals surface area (Å²) in [5.41, 5.74) is 4.71. The summed E-state index contributed by atoms with van der Waals surface area (Å²) in [4.78, 5) is 15.5. The van der Waals surface area contributed by atoms with Crippen molar-refractivity contribution in [2.24, 2.45) is 11.7 Å². The molecule has 1 aromatic rings. The number of hydrogen-bond donors (Lipinski definition) is 2. The van der Waals surface area contributed by atoms with Crippen LogP contribution < -0.4 is 11.1 Å². The number of aromatic nitrogens is 1. The summed E-state index contributed by atoms with van der Waals surface area (Å²) in [6.45, 7) is 5.15. The molecular formula is C12H18F3N3OS. The molecule has 4 nitrogen and oxygen atoms in total. The van der Waals surface area contributed by atoms with Crippen LogP contribution in [0.4, 0.5) is 13.2 Å². The fraction of sp³-hybridized carbons (Fsp3) is 0.667. The van der Waals surface area contributed by atoms with E-state index >= 15 is 0 Å². The monoisotopic (exact) mass is 309 g/mol. The third-order valence-electron chi connectivity index (χ3n) is 3.04. The molecule has 0 aliphatic heterocycles. The first-order valence-corrected chi connectivity index (χ1v) is 7.13. The Morgan fingerprint density at radius 1 is 1.50 bits per heavy atom. The van der Waals surface area contributed by atoms with Crippen LogP contribution in [0.15, 0.2) is 5.38 Å². The topological polar surface area (TPSA) is 68.0 Å². The van der Waals surface area contributed by atoms with Gasteiger partial charge in [-0.1, -0.05) is 13.8 Å². The van der Waals surface area contributed by atoms with Crippen LogP contribution in [0.1, 0.15) is 43.9 Å². The van der Waals surface area contributed by atoms with Gasteiger partial charge in [0.1, 0.15) is 5.01 Å². The zero-order valence-electron chi connectivity index (χ0n) is 11.5. The molecule has 114 valence electrons. The van der Waals surface area contributed by atoms with E-state index in [2.05, 4.69) is 10.3 Å². The van der Waals surface area contributed by atoms with Gasteiger partial charge in [0.25, 0.3) is 0 Å². The first-order chi connectivity index (χ1) is 9.16. The molecular weight excluding hydrogens is 291 g/mol. The van der Waals surface area contributed by atoms with Crippen LogP contribution in [0.5, 0.6) is 0 Å². The van der Waals surface area contributed by atoms with Crippen LogP contribution >= 0.6 is 11.3 Å². The van der Waals surface area contributed by atoms with Crippen LogP contribution in [0, 0.1) is 5.92 Å². The number of thiazole rings is 1. The molecule has 1 rings (SSSR count). The molecule has 20 heavy (non-hydrogen) atoms. The predicted molar refractivity (Wildman–Crippen MR) is 71.1 cm³/mol. The number of carbonyl (C=O) groups excluding carboxylic acids is 1. The summed E-state index contributed by atoms with van der Waals surface area (Å²) in [6.07, 6.45) is -4.00. The number of amides is 1. The Labute approximate surface area is 119 Å². The summed E-state index contributed by atoms with van der Waals surface area (Å²) in [5, 5.41) is 3.90. The summed E-state index contributed by atoms with van der Waals surface area (Å²) in [7, 11) is 0. The Bertz CT molecular complexity index is 459. The van der Waals surface area contributed by atoms with Gasteiger partial charge in [-0.25, -0.2) is 4.98 Å². The second kappa shape index (κ2) is 6.53. The van der Waals surface area contributed by atoms with E-state index in [-0.39, 0.29) is 17.0 Å². The number of hydrogen-bond acceptors (Lipinski definition) is 4. The van der Waals surface area contributed by atoms with Crippen molar-refractivity contribution in [1.82, 2.24) is 10.3 Å². The zero-order chi connectivity index (χ0) is 15.5. The maximum Gasteiger partial charge on any atom is 0.434 e. The molecule has 3 atom stereocenters. The largest absolute Gasteiger partial charge is 0.434 e. The highest BCUT2D eigenvalue weighted by molar-refractivity contribution is 7.09. The number of nitrogens with zero attached hydrogens (tertiary/aromatic N) is 1. The number of carbonyl (C=O) groups is 1. The van der Waals surface area contributed by atoms with E-state index in [1.165, 1.54) is 0 Å². The molecule has 0 fully saturated rings. The molecule has 0 radical (unpaired) electrons. The van der Waals surface area contributed by atoms with Gasteiger partial charge in [0.2, 0.25) is 5.91 Å². The Hall–Kier alpha value is -1.15. The molecule has 0 aliphatic rings. The van der Waals surface area contributed by atoms with E-state index in [4.69, 9.17) is 5.73 Å². The molecule has 0 spiro atoms. The van der Waals surface area contributed by atoms with Gasteiger partial charge in [0.05, 0.1) is 6.04 Å². The molecule has 0 saturated heterocycles. The molecule has 8 heteroatoms. The molecule has 1 heterocycles. The Balaban J connectivity index is 2.81. The Morgan fingerprint density at radius 2 is 2.10 bits per heavy atom. The van der Waals surface area contributed by atoms with E-state index < -0.39 is 23.8 Å². The minimum atomic E-state index is -4.46. The molecule has 0 aliphatic carbocycles. The number of nitrogens with two attached hydrogens (primary N) is 1. The first kappa shape index (κ1) is 16.9. The molecule has 0 saturated carbocycles. The molecule has 0 bridgehead atoms. The van der Waals surface area contributed by atoms with Crippen molar-refractivity contribution in [2.75, 3.05) is 0 Å². The van der Waals surface area contributed by atoms with Crippen molar-refractivity contribution in [1.29, 1.82) is 0 Å². The average Bonchev–Trinajstić information content (AvgIpc) is 2.83. The van der Waals surface area contributed by atoms with Crippen LogP contribution in [-0.2, 0) is 11.0 Å². The predicted octanol–water partition coefficient (Wildman–Crippen LogP) is 2.71. The van der Waals surface area contributed by atoms with Gasteiger partial charge in [0, 0.05) is 17.3 Å². The van der Waals surface area contributed by atoms with E-state index in [9.17, 15) is 18.0 Å². The number of halogens is 3. The first-order valence-electron chi connectivity index (χ1n) is 6.25. The third-order valence-corrected chi connectivity index (χ3v) is 4.00. The van der Waals surface area contributed by atoms with Crippen molar-refractivity contribution in [2.45, 2.75) is 45.5 Å². The smallest absolute Gasteiger partial charge is 0.347 e. The summed E-state index contributed by atoms with van der Waals surface area (Å²) < 4.78 is 37.5. The Morgan fingerprint density at radius 3 is 2.50 bits per heavy atom. The van der Waals surface area contributed by atoms with Crippen molar-refractivity contribution in [3.8, 4) is 0 Å². The lowest BCUT2D eigenvalue weighted by atomic mass is 10.0. The van der Waals surface area contributed by atoms with Gasteiger partial charge in [-0.2, -0.15) is 13.2 Å². The highest BCUT2D eigenvalue weighted by Gasteiger charge is 2.34. The van der Waals surface area contributed by atoms with Gasteiger partial charge in [0.15, 0.2) is 5.69 Å². The second-order valence-electron chi connectivity index (χ2n) is 4.69. The van der Waals surface area contributed by atoms with Crippen LogP contribution in [0.25, 0.3) is 0 Å². The van der Waals surface area contributed by atoms with Gasteiger partial charge < -0.3 is 11.1 Å². The van der Waals surface area contributed by atoms with E-state index in [1.54, 1.807) is 20.8 Å². The lowest BCUT2D eigenvalue weighted by molar-refractivity contribution is -0.140. The summed E-state index contributed by atoms with van der Waals surface area (Å²) in [5.74, 6) is -0.693. The van der Waals surface area contributed by atoms with Crippen molar-refractivity contribution in [3.05, 3.63) is 16.1 Å². The van der Waals surface area contributed by atoms with Crippen LogP contribution in [0.3, 0.4) is 0 Å². The van der Waals surface area contributed by atoms with Gasteiger partial charge in [-0.3, -0.25) is 4.79 Å². The number of alkyl halides is 3. The standard InChI is InChI=1S/C12H18F3N3OS/c1-4-8(17-10(19)6(2)7(3)16)11-18-9(5-20-11)12(13,14)15/h5-8H,4,16H2,1-3H3,(H,17,19). The van der Waals surface area contributed by atoms with Gasteiger partial charge >= 0.3 is 6.18 Å². The molecule has 3 unspecified atom stereocenters. The SMILES string of the molecule is CCC(NC(=O)C(C)C(C)N)c1nc(C(F)(F)F)cs1. The summed E-state index contributed by atoms with van der Waals surface area (Å²) >= 11 is 0.894. The van der Waals surface area contributed by atoms with Crippen molar-refractivity contribution < 1.29 is 18.0 Å². The molecule has 1 aromatic heterocycles. The third kappa shape index (κ3) is 4.17. The lowest BCUT2D eigenvalue weighted by Crippen LogP contribution is -2.40. The maximum absolute atomic E-state index is 12.5. The van der Waals surface area contributed by atoms with E-state index in [0.717, 1.165) is 16.7 Å². The lowest BCUT2D eigenvalue weighted by Gasteiger charge is -2.20. The van der Waals surface area contributed by atoms with Crippen molar-refractivity contribution in [3.63, 3.8) is 0 Å². The zero-order valence-corrected chi connectivity index (χ0v) is 12.3. The average molecular weight is 309 g/mol. The van der Waals surface area contributed by atoms with Crippen LogP contribution in [-0.4, -0.2) is 16.9 Å². The highest BCUT2D eigenvalue weighted by Crippen LogP contribution is 2.32. The second-order valence-corrected chi connectivity index (χ2v) is 5.58. The van der Waals surface area contributed by atoms with E-state index in [1.807, 2.05) is 0 Å². The molecule has 3 N–H and O–H groups in total. The fourth-order valence-corrected chi connectivity index (χ4v) is 2.42. The minimum absolute atomic E-state index is 0.255. The van der Waals surface area contributed by atoms with Crippen LogP contribution in [0.2, 0.25) is 0 Å². The van der Waals surface area contributed by atoms with Crippen molar-refractivity contribution >= 4 is 17.2 Å². The summed E-state index contributed by atoms with van der Waals surface area (Å²) in [6, 6.07) is -0.848. The quantitative estimate of drug-likeness (QED) is 0.878. The maximum atomic E-state index is 12.5. The molecule has 0 aromatic carbocycles. The normalized spacial score (nSPS) is 16.6. The van der Waals surface area contributed by atoms with E-state index in [0.29, 0.717) is 6.42 Å².